The minimum atomic E-state index is 0.0499. The number of thiazole rings is 1. The zero-order valence-electron chi connectivity index (χ0n) is 11.8. The van der Waals surface area contributed by atoms with Crippen molar-refractivity contribution >= 4 is 22.1 Å². The maximum absolute atomic E-state index is 9.66. The number of aliphatic hydroxyl groups is 1. The van der Waals surface area contributed by atoms with Crippen molar-refractivity contribution in [3.8, 4) is 0 Å². The Morgan fingerprint density at radius 1 is 1.45 bits per heavy atom. The Hall–Kier alpha value is -1.07. The van der Waals surface area contributed by atoms with Crippen LogP contribution in [0.25, 0.3) is 4.96 Å². The highest BCUT2D eigenvalue weighted by Gasteiger charge is 2.40. The molecule has 0 radical (unpaired) electrons. The van der Waals surface area contributed by atoms with Crippen LogP contribution < -0.4 is 4.90 Å². The first-order valence-electron chi connectivity index (χ1n) is 7.52. The van der Waals surface area contributed by atoms with Crippen LogP contribution in [0.3, 0.4) is 0 Å². The molecule has 2 aromatic heterocycles. The molecule has 2 bridgehead atoms. The largest absolute Gasteiger partial charge is 0.390 e. The summed E-state index contributed by atoms with van der Waals surface area (Å²) in [7, 11) is 2.12. The van der Waals surface area contributed by atoms with Gasteiger partial charge in [-0.25, -0.2) is 4.98 Å². The standard InChI is InChI=1S/C15H21N3OS/c1-17(8-12-7-10-2-3-11(12)6-10)14-13(9-19)18-4-5-20-15(18)16-14/h4-5,10-12,19H,2-3,6-9H2,1H3. The molecule has 4 rings (SSSR count). The van der Waals surface area contributed by atoms with Crippen molar-refractivity contribution in [2.75, 3.05) is 18.5 Å². The van der Waals surface area contributed by atoms with E-state index in [4.69, 9.17) is 4.98 Å². The summed E-state index contributed by atoms with van der Waals surface area (Å²) in [5.41, 5.74) is 0.923. The van der Waals surface area contributed by atoms with Crippen molar-refractivity contribution in [3.63, 3.8) is 0 Å². The third kappa shape index (κ3) is 1.87. The maximum Gasteiger partial charge on any atom is 0.195 e. The molecule has 0 saturated heterocycles. The highest BCUT2D eigenvalue weighted by atomic mass is 32.1. The second-order valence-corrected chi connectivity index (χ2v) is 7.28. The molecule has 0 spiro atoms. The summed E-state index contributed by atoms with van der Waals surface area (Å²) in [5, 5.41) is 11.7. The summed E-state index contributed by atoms with van der Waals surface area (Å²) < 4.78 is 2.01. The summed E-state index contributed by atoms with van der Waals surface area (Å²) in [5.74, 6) is 3.71. The smallest absolute Gasteiger partial charge is 0.195 e. The Kier molecular flexibility index (Phi) is 3.00. The van der Waals surface area contributed by atoms with Gasteiger partial charge >= 0.3 is 0 Å². The second kappa shape index (κ2) is 4.74. The number of aliphatic hydroxyl groups excluding tert-OH is 1. The van der Waals surface area contributed by atoms with Crippen molar-refractivity contribution in [2.24, 2.45) is 17.8 Å². The fourth-order valence-corrected chi connectivity index (χ4v) is 5.04. The zero-order valence-corrected chi connectivity index (χ0v) is 12.6. The molecule has 0 amide bonds. The normalized spacial score (nSPS) is 28.6. The molecule has 0 aromatic carbocycles. The molecule has 2 aliphatic rings. The second-order valence-electron chi connectivity index (χ2n) is 6.41. The fourth-order valence-electron chi connectivity index (χ4n) is 4.31. The van der Waals surface area contributed by atoms with Gasteiger partial charge in [0.25, 0.3) is 0 Å². The van der Waals surface area contributed by atoms with Crippen LogP contribution >= 0.6 is 11.3 Å². The Morgan fingerprint density at radius 3 is 3.05 bits per heavy atom. The lowest BCUT2D eigenvalue weighted by Crippen LogP contribution is -2.29. The number of hydrogen-bond acceptors (Lipinski definition) is 4. The molecular formula is C15H21N3OS. The average Bonchev–Trinajstić information content (AvgIpc) is 3.17. The van der Waals surface area contributed by atoms with Crippen molar-refractivity contribution in [1.29, 1.82) is 0 Å². The SMILES string of the molecule is CN(CC1CC2CCC1C2)c1nc2sccn2c1CO. The van der Waals surface area contributed by atoms with Gasteiger partial charge in [0.1, 0.15) is 0 Å². The van der Waals surface area contributed by atoms with Gasteiger partial charge in [-0.05, 0) is 37.0 Å². The van der Waals surface area contributed by atoms with E-state index in [0.29, 0.717) is 0 Å². The topological polar surface area (TPSA) is 40.8 Å². The van der Waals surface area contributed by atoms with Crippen LogP contribution in [0, 0.1) is 17.8 Å². The van der Waals surface area contributed by atoms with Crippen molar-refractivity contribution in [3.05, 3.63) is 17.3 Å². The Balaban J connectivity index is 1.57. The van der Waals surface area contributed by atoms with Crippen LogP contribution in [-0.4, -0.2) is 28.1 Å². The molecule has 2 fully saturated rings. The number of imidazole rings is 1. The van der Waals surface area contributed by atoms with E-state index in [0.717, 1.165) is 40.8 Å². The molecule has 20 heavy (non-hydrogen) atoms. The molecule has 2 saturated carbocycles. The van der Waals surface area contributed by atoms with Gasteiger partial charge < -0.3 is 10.0 Å². The molecule has 2 heterocycles. The van der Waals surface area contributed by atoms with Crippen molar-refractivity contribution in [2.45, 2.75) is 32.3 Å². The summed E-state index contributed by atoms with van der Waals surface area (Å²) in [6, 6.07) is 0. The highest BCUT2D eigenvalue weighted by Crippen LogP contribution is 2.48. The van der Waals surface area contributed by atoms with Gasteiger partial charge in [-0.1, -0.05) is 6.42 Å². The zero-order chi connectivity index (χ0) is 13.7. The van der Waals surface area contributed by atoms with Crippen LogP contribution in [0.15, 0.2) is 11.6 Å². The van der Waals surface area contributed by atoms with E-state index < -0.39 is 0 Å². The predicted octanol–water partition coefficient (Wildman–Crippen LogP) is 2.76. The Morgan fingerprint density at radius 2 is 2.35 bits per heavy atom. The lowest BCUT2D eigenvalue weighted by molar-refractivity contribution is 0.275. The molecule has 0 aliphatic heterocycles. The minimum Gasteiger partial charge on any atom is -0.390 e. The molecule has 5 heteroatoms. The number of aromatic nitrogens is 2. The average molecular weight is 291 g/mol. The molecule has 108 valence electrons. The van der Waals surface area contributed by atoms with Gasteiger partial charge in [-0.3, -0.25) is 4.40 Å². The van der Waals surface area contributed by atoms with Crippen LogP contribution in [0.5, 0.6) is 0 Å². The number of fused-ring (bicyclic) bond motifs is 3. The van der Waals surface area contributed by atoms with E-state index in [1.54, 1.807) is 11.3 Å². The van der Waals surface area contributed by atoms with Crippen molar-refractivity contribution in [1.82, 2.24) is 9.38 Å². The first-order chi connectivity index (χ1) is 9.76. The first-order valence-corrected chi connectivity index (χ1v) is 8.40. The summed E-state index contributed by atoms with van der Waals surface area (Å²) in [6.45, 7) is 1.13. The first kappa shape index (κ1) is 12.7. The summed E-state index contributed by atoms with van der Waals surface area (Å²) in [6.07, 6.45) is 7.71. The van der Waals surface area contributed by atoms with Gasteiger partial charge in [0.05, 0.1) is 12.3 Å². The summed E-state index contributed by atoms with van der Waals surface area (Å²) in [4.78, 5) is 7.93. The van der Waals surface area contributed by atoms with Crippen molar-refractivity contribution < 1.29 is 5.11 Å². The lowest BCUT2D eigenvalue weighted by atomic mass is 9.88. The number of rotatable bonds is 4. The van der Waals surface area contributed by atoms with E-state index in [1.807, 2.05) is 16.0 Å². The molecule has 3 unspecified atom stereocenters. The molecule has 2 aromatic rings. The monoisotopic (exact) mass is 291 g/mol. The number of nitrogens with zero attached hydrogens (tertiary/aromatic N) is 3. The lowest BCUT2D eigenvalue weighted by Gasteiger charge is -2.27. The van der Waals surface area contributed by atoms with E-state index in [9.17, 15) is 5.11 Å². The van der Waals surface area contributed by atoms with E-state index in [2.05, 4.69) is 11.9 Å². The molecular weight excluding hydrogens is 270 g/mol. The third-order valence-electron chi connectivity index (χ3n) is 5.24. The number of anilines is 1. The van der Waals surface area contributed by atoms with E-state index >= 15 is 0 Å². The Labute approximate surface area is 123 Å². The quantitative estimate of drug-likeness (QED) is 0.941. The molecule has 1 N–H and O–H groups in total. The fraction of sp³-hybridized carbons (Fsp3) is 0.667. The molecule has 4 nitrogen and oxygen atoms in total. The summed E-state index contributed by atoms with van der Waals surface area (Å²) >= 11 is 1.62. The van der Waals surface area contributed by atoms with Gasteiger partial charge in [-0.2, -0.15) is 0 Å². The van der Waals surface area contributed by atoms with Crippen LogP contribution in [0.1, 0.15) is 31.4 Å². The maximum atomic E-state index is 9.66. The highest BCUT2D eigenvalue weighted by molar-refractivity contribution is 7.15. The van der Waals surface area contributed by atoms with Crippen LogP contribution in [0.2, 0.25) is 0 Å². The van der Waals surface area contributed by atoms with Crippen LogP contribution in [-0.2, 0) is 6.61 Å². The molecule has 3 atom stereocenters. The minimum absolute atomic E-state index is 0.0499. The third-order valence-corrected chi connectivity index (χ3v) is 6.00. The van der Waals surface area contributed by atoms with Gasteiger partial charge in [0.15, 0.2) is 10.8 Å². The van der Waals surface area contributed by atoms with Crippen LogP contribution in [0.4, 0.5) is 5.82 Å². The number of hydrogen-bond donors (Lipinski definition) is 1. The Bertz CT molecular complexity index is 620. The van der Waals surface area contributed by atoms with Gasteiger partial charge in [-0.15, -0.1) is 11.3 Å². The van der Waals surface area contributed by atoms with E-state index in [-0.39, 0.29) is 6.61 Å². The van der Waals surface area contributed by atoms with Gasteiger partial charge in [0, 0.05) is 25.2 Å². The predicted molar refractivity (Wildman–Crippen MR) is 81.2 cm³/mol. The molecule has 2 aliphatic carbocycles. The van der Waals surface area contributed by atoms with E-state index in [1.165, 1.54) is 25.7 Å². The van der Waals surface area contributed by atoms with Gasteiger partial charge in [0.2, 0.25) is 0 Å².